The van der Waals surface area contributed by atoms with Crippen molar-refractivity contribution < 1.29 is 4.79 Å². The molecule has 0 fully saturated rings. The van der Waals surface area contributed by atoms with E-state index in [9.17, 15) is 4.79 Å². The number of carbonyl (C=O) groups excluding carboxylic acids is 1. The maximum absolute atomic E-state index is 12.1. The third-order valence-electron chi connectivity index (χ3n) is 3.84. The molecule has 0 bridgehead atoms. The molecular weight excluding hydrogens is 250 g/mol. The summed E-state index contributed by atoms with van der Waals surface area (Å²) in [6.45, 7) is 0. The summed E-state index contributed by atoms with van der Waals surface area (Å²) in [5.74, 6) is -0.0255. The van der Waals surface area contributed by atoms with Crippen molar-refractivity contribution >= 4 is 22.6 Å². The van der Waals surface area contributed by atoms with E-state index >= 15 is 0 Å². The number of imidazole rings is 1. The Morgan fingerprint density at radius 1 is 1.15 bits per heavy atom. The van der Waals surface area contributed by atoms with Crippen LogP contribution in [0.1, 0.15) is 17.0 Å². The van der Waals surface area contributed by atoms with Gasteiger partial charge in [0.2, 0.25) is 5.91 Å². The van der Waals surface area contributed by atoms with Crippen molar-refractivity contribution in [2.24, 2.45) is 0 Å². The van der Waals surface area contributed by atoms with Gasteiger partial charge in [0.1, 0.15) is 0 Å². The van der Waals surface area contributed by atoms with Gasteiger partial charge >= 0.3 is 0 Å². The molecule has 1 atom stereocenters. The Balaban J connectivity index is 1.70. The third-order valence-corrected chi connectivity index (χ3v) is 3.84. The minimum atomic E-state index is -0.105. The van der Waals surface area contributed by atoms with Gasteiger partial charge in [-0.15, -0.1) is 0 Å². The van der Waals surface area contributed by atoms with Crippen LogP contribution in [0.15, 0.2) is 48.8 Å². The summed E-state index contributed by atoms with van der Waals surface area (Å²) in [5.41, 5.74) is 5.12. The van der Waals surface area contributed by atoms with Crippen molar-refractivity contribution in [3.8, 4) is 0 Å². The molecule has 2 aromatic carbocycles. The van der Waals surface area contributed by atoms with Gasteiger partial charge in [-0.2, -0.15) is 0 Å². The fourth-order valence-corrected chi connectivity index (χ4v) is 2.82. The van der Waals surface area contributed by atoms with E-state index in [4.69, 9.17) is 0 Å². The Hall–Kier alpha value is -2.62. The summed E-state index contributed by atoms with van der Waals surface area (Å²) >= 11 is 0. The van der Waals surface area contributed by atoms with Crippen molar-refractivity contribution in [3.63, 3.8) is 0 Å². The van der Waals surface area contributed by atoms with Crippen molar-refractivity contribution in [1.29, 1.82) is 0 Å². The molecule has 1 aromatic heterocycles. The van der Waals surface area contributed by atoms with E-state index in [2.05, 4.69) is 21.4 Å². The molecular formula is C16H13N3O. The SMILES string of the molecule is O=C1Nc2ccccc2C1Cc1ccc2nc[nH]c2c1. The zero-order valence-electron chi connectivity index (χ0n) is 10.8. The van der Waals surface area contributed by atoms with Crippen LogP contribution < -0.4 is 5.32 Å². The van der Waals surface area contributed by atoms with E-state index in [1.807, 2.05) is 36.4 Å². The van der Waals surface area contributed by atoms with Crippen molar-refractivity contribution in [1.82, 2.24) is 9.97 Å². The van der Waals surface area contributed by atoms with Gasteiger partial charge in [0, 0.05) is 5.69 Å². The van der Waals surface area contributed by atoms with E-state index in [1.165, 1.54) is 0 Å². The van der Waals surface area contributed by atoms with Gasteiger partial charge in [-0.25, -0.2) is 4.98 Å². The maximum atomic E-state index is 12.1. The number of nitrogens with one attached hydrogen (secondary N) is 2. The van der Waals surface area contributed by atoms with Crippen LogP contribution in [-0.2, 0) is 11.2 Å². The summed E-state index contributed by atoms with van der Waals surface area (Å²) in [6.07, 6.45) is 2.39. The fourth-order valence-electron chi connectivity index (χ4n) is 2.82. The second kappa shape index (κ2) is 4.20. The van der Waals surface area contributed by atoms with Gasteiger partial charge in [-0.3, -0.25) is 4.79 Å². The van der Waals surface area contributed by atoms with Gasteiger partial charge < -0.3 is 10.3 Å². The Labute approximate surface area is 115 Å². The summed E-state index contributed by atoms with van der Waals surface area (Å²) in [5, 5.41) is 2.94. The smallest absolute Gasteiger partial charge is 0.232 e. The van der Waals surface area contributed by atoms with Gasteiger partial charge in [0.15, 0.2) is 0 Å². The largest absolute Gasteiger partial charge is 0.345 e. The zero-order chi connectivity index (χ0) is 13.5. The summed E-state index contributed by atoms with van der Waals surface area (Å²) in [7, 11) is 0. The standard InChI is InChI=1S/C16H13N3O/c20-16-12(11-3-1-2-4-13(11)19-16)7-10-5-6-14-15(8-10)18-9-17-14/h1-6,8-9,12H,7H2,(H,17,18)(H,19,20). The molecule has 2 heterocycles. The van der Waals surface area contributed by atoms with Crippen LogP contribution in [0.5, 0.6) is 0 Å². The lowest BCUT2D eigenvalue weighted by molar-refractivity contribution is -0.117. The summed E-state index contributed by atoms with van der Waals surface area (Å²) < 4.78 is 0. The van der Waals surface area contributed by atoms with Crippen LogP contribution in [0.4, 0.5) is 5.69 Å². The number of hydrogen-bond donors (Lipinski definition) is 2. The highest BCUT2D eigenvalue weighted by Gasteiger charge is 2.30. The molecule has 1 amide bonds. The van der Waals surface area contributed by atoms with Crippen molar-refractivity contribution in [3.05, 3.63) is 59.9 Å². The predicted molar refractivity (Wildman–Crippen MR) is 77.6 cm³/mol. The molecule has 1 aliphatic rings. The monoisotopic (exact) mass is 263 g/mol. The minimum absolute atomic E-state index is 0.0795. The molecule has 1 unspecified atom stereocenters. The van der Waals surface area contributed by atoms with E-state index in [0.29, 0.717) is 6.42 Å². The number of hydrogen-bond acceptors (Lipinski definition) is 2. The number of nitrogens with zero attached hydrogens (tertiary/aromatic N) is 1. The molecule has 20 heavy (non-hydrogen) atoms. The highest BCUT2D eigenvalue weighted by molar-refractivity contribution is 6.03. The van der Waals surface area contributed by atoms with Gasteiger partial charge in [0.05, 0.1) is 23.3 Å². The Kier molecular flexibility index (Phi) is 2.36. The first-order chi connectivity index (χ1) is 9.81. The number of H-pyrrole nitrogens is 1. The highest BCUT2D eigenvalue weighted by atomic mass is 16.2. The molecule has 0 spiro atoms. The number of benzene rings is 2. The maximum Gasteiger partial charge on any atom is 0.232 e. The molecule has 0 saturated heterocycles. The molecule has 4 heteroatoms. The lowest BCUT2D eigenvalue weighted by Gasteiger charge is -2.08. The summed E-state index contributed by atoms with van der Waals surface area (Å²) in [4.78, 5) is 19.4. The number of rotatable bonds is 2. The van der Waals surface area contributed by atoms with Crippen LogP contribution in [0.3, 0.4) is 0 Å². The van der Waals surface area contributed by atoms with Crippen LogP contribution in [0.2, 0.25) is 0 Å². The van der Waals surface area contributed by atoms with E-state index < -0.39 is 0 Å². The van der Waals surface area contributed by atoms with Crippen LogP contribution in [0, 0.1) is 0 Å². The topological polar surface area (TPSA) is 57.8 Å². The van der Waals surface area contributed by atoms with E-state index in [-0.39, 0.29) is 11.8 Å². The zero-order valence-corrected chi connectivity index (χ0v) is 10.8. The minimum Gasteiger partial charge on any atom is -0.345 e. The molecule has 3 aromatic rings. The summed E-state index contributed by atoms with van der Waals surface area (Å²) in [6, 6.07) is 14.0. The quantitative estimate of drug-likeness (QED) is 0.747. The first kappa shape index (κ1) is 11.2. The molecule has 2 N–H and O–H groups in total. The normalized spacial score (nSPS) is 17.2. The average molecular weight is 263 g/mol. The predicted octanol–water partition coefficient (Wildman–Crippen LogP) is 2.84. The third kappa shape index (κ3) is 1.69. The first-order valence-corrected chi connectivity index (χ1v) is 6.63. The second-order valence-corrected chi connectivity index (χ2v) is 5.09. The van der Waals surface area contributed by atoms with E-state index in [0.717, 1.165) is 27.8 Å². The van der Waals surface area contributed by atoms with Crippen molar-refractivity contribution in [2.75, 3.05) is 5.32 Å². The average Bonchev–Trinajstić information content (AvgIpc) is 3.04. The Morgan fingerprint density at radius 2 is 2.05 bits per heavy atom. The van der Waals surface area contributed by atoms with Crippen LogP contribution >= 0.6 is 0 Å². The first-order valence-electron chi connectivity index (χ1n) is 6.63. The van der Waals surface area contributed by atoms with Crippen LogP contribution in [-0.4, -0.2) is 15.9 Å². The van der Waals surface area contributed by atoms with Gasteiger partial charge in [-0.1, -0.05) is 24.3 Å². The van der Waals surface area contributed by atoms with Crippen molar-refractivity contribution in [2.45, 2.75) is 12.3 Å². The van der Waals surface area contributed by atoms with Gasteiger partial charge in [-0.05, 0) is 35.7 Å². The number of para-hydroxylation sites is 1. The molecule has 1 aliphatic heterocycles. The molecule has 0 radical (unpaired) electrons. The highest BCUT2D eigenvalue weighted by Crippen LogP contribution is 2.34. The molecule has 0 aliphatic carbocycles. The fraction of sp³-hybridized carbons (Fsp3) is 0.125. The molecule has 4 nitrogen and oxygen atoms in total. The number of anilines is 1. The number of aromatic nitrogens is 2. The second-order valence-electron chi connectivity index (χ2n) is 5.09. The number of amides is 1. The van der Waals surface area contributed by atoms with E-state index in [1.54, 1.807) is 6.33 Å². The number of aromatic amines is 1. The molecule has 98 valence electrons. The number of fused-ring (bicyclic) bond motifs is 2. The lowest BCUT2D eigenvalue weighted by Crippen LogP contribution is -2.14. The van der Waals surface area contributed by atoms with Gasteiger partial charge in [0.25, 0.3) is 0 Å². The number of carbonyl (C=O) groups is 1. The molecule has 0 saturated carbocycles. The van der Waals surface area contributed by atoms with Crippen LogP contribution in [0.25, 0.3) is 11.0 Å². The Bertz CT molecular complexity index is 806. The lowest BCUT2D eigenvalue weighted by atomic mass is 9.93. The molecule has 4 rings (SSSR count). The Morgan fingerprint density at radius 3 is 3.00 bits per heavy atom.